The van der Waals surface area contributed by atoms with Crippen LogP contribution in [0.4, 0.5) is 11.6 Å². The molecule has 0 bridgehead atoms. The number of fused-ring (bicyclic) bond motifs is 1. The maximum absolute atomic E-state index is 11.0. The van der Waals surface area contributed by atoms with Gasteiger partial charge in [0, 0.05) is 12.6 Å². The third kappa shape index (κ3) is 2.89. The largest absolute Gasteiger partial charge is 0.309 e. The van der Waals surface area contributed by atoms with Gasteiger partial charge in [0.1, 0.15) is 0 Å². The zero-order valence-electron chi connectivity index (χ0n) is 12.5. The molecule has 0 amide bonds. The van der Waals surface area contributed by atoms with Gasteiger partial charge in [0.2, 0.25) is 5.95 Å². The second-order valence-corrected chi connectivity index (χ2v) is 4.85. The van der Waals surface area contributed by atoms with Gasteiger partial charge in [0.25, 0.3) is 5.69 Å². The topological polar surface area (TPSA) is 85.3 Å². The lowest BCUT2D eigenvalue weighted by molar-refractivity contribution is -0.385. The van der Waals surface area contributed by atoms with Crippen molar-refractivity contribution in [2.75, 3.05) is 5.43 Å². The Morgan fingerprint density at radius 2 is 2.00 bits per heavy atom. The van der Waals surface area contributed by atoms with Gasteiger partial charge in [-0.3, -0.25) is 10.1 Å². The molecule has 3 rings (SSSR count). The number of nitrogens with one attached hydrogen (secondary N) is 1. The fourth-order valence-electron chi connectivity index (χ4n) is 2.40. The van der Waals surface area contributed by atoms with Crippen LogP contribution in [0.1, 0.15) is 12.5 Å². The van der Waals surface area contributed by atoms with Gasteiger partial charge < -0.3 is 4.57 Å². The molecular weight excluding hydrogens is 294 g/mol. The number of hydrazone groups is 1. The Morgan fingerprint density at radius 3 is 2.78 bits per heavy atom. The summed E-state index contributed by atoms with van der Waals surface area (Å²) in [5, 5.41) is 15.1. The van der Waals surface area contributed by atoms with Gasteiger partial charge in [-0.1, -0.05) is 24.3 Å². The van der Waals surface area contributed by atoms with Crippen LogP contribution in [0.2, 0.25) is 0 Å². The highest BCUT2D eigenvalue weighted by molar-refractivity contribution is 5.86. The van der Waals surface area contributed by atoms with E-state index in [0.717, 1.165) is 17.6 Å². The van der Waals surface area contributed by atoms with Gasteiger partial charge in [-0.25, -0.2) is 10.4 Å². The van der Waals surface area contributed by atoms with E-state index < -0.39 is 4.92 Å². The van der Waals surface area contributed by atoms with Gasteiger partial charge in [-0.15, -0.1) is 0 Å². The van der Waals surface area contributed by atoms with Crippen LogP contribution in [0.15, 0.2) is 53.6 Å². The standard InChI is InChI=1S/C16H15N5O2/c1-2-20-15-10-6-4-8-13(15)18-16(20)19-17-11-12-7-3-5-9-14(12)21(22)23/h3-11H,2H2,1H3,(H,18,19)/b17-11-. The molecule has 0 unspecified atom stereocenters. The van der Waals surface area contributed by atoms with E-state index in [1.54, 1.807) is 18.2 Å². The van der Waals surface area contributed by atoms with Crippen LogP contribution in [0, 0.1) is 10.1 Å². The van der Waals surface area contributed by atoms with E-state index >= 15 is 0 Å². The molecule has 0 fully saturated rings. The second kappa shape index (κ2) is 6.27. The molecule has 0 atom stereocenters. The lowest BCUT2D eigenvalue weighted by Gasteiger charge is -2.04. The van der Waals surface area contributed by atoms with Crippen molar-refractivity contribution in [2.24, 2.45) is 5.10 Å². The highest BCUT2D eigenvalue weighted by Gasteiger charge is 2.11. The zero-order valence-corrected chi connectivity index (χ0v) is 12.5. The first-order valence-electron chi connectivity index (χ1n) is 7.18. The minimum atomic E-state index is -0.428. The van der Waals surface area contributed by atoms with Crippen molar-refractivity contribution in [1.29, 1.82) is 0 Å². The highest BCUT2D eigenvalue weighted by atomic mass is 16.6. The maximum Gasteiger partial charge on any atom is 0.278 e. The molecule has 0 radical (unpaired) electrons. The molecule has 1 N–H and O–H groups in total. The van der Waals surface area contributed by atoms with Crippen LogP contribution in [0.3, 0.4) is 0 Å². The normalized spacial score (nSPS) is 11.2. The first-order valence-corrected chi connectivity index (χ1v) is 7.18. The Balaban J connectivity index is 1.88. The number of aryl methyl sites for hydroxylation is 1. The summed E-state index contributed by atoms with van der Waals surface area (Å²) in [5.74, 6) is 0.600. The maximum atomic E-state index is 11.0. The van der Waals surface area contributed by atoms with Gasteiger partial charge >= 0.3 is 0 Å². The summed E-state index contributed by atoms with van der Waals surface area (Å²) in [5.41, 5.74) is 5.20. The van der Waals surface area contributed by atoms with E-state index in [4.69, 9.17) is 0 Å². The SMILES string of the molecule is CCn1c(N/N=C\c2ccccc2[N+](=O)[O-])nc2ccccc21. The number of hydrogen-bond acceptors (Lipinski definition) is 5. The second-order valence-electron chi connectivity index (χ2n) is 4.85. The smallest absolute Gasteiger partial charge is 0.278 e. The molecule has 7 nitrogen and oxygen atoms in total. The molecule has 0 aliphatic heterocycles. The van der Waals surface area contributed by atoms with E-state index in [9.17, 15) is 10.1 Å². The third-order valence-corrected chi connectivity index (χ3v) is 3.47. The number of hydrogen-bond donors (Lipinski definition) is 1. The highest BCUT2D eigenvalue weighted by Crippen LogP contribution is 2.19. The van der Waals surface area contributed by atoms with Crippen molar-refractivity contribution >= 4 is 28.9 Å². The van der Waals surface area contributed by atoms with Crippen molar-refractivity contribution in [3.63, 3.8) is 0 Å². The van der Waals surface area contributed by atoms with Crippen molar-refractivity contribution in [3.8, 4) is 0 Å². The number of nitro groups is 1. The summed E-state index contributed by atoms with van der Waals surface area (Å²) < 4.78 is 1.99. The Morgan fingerprint density at radius 1 is 1.26 bits per heavy atom. The zero-order chi connectivity index (χ0) is 16.2. The van der Waals surface area contributed by atoms with Gasteiger partial charge in [-0.05, 0) is 25.1 Å². The number of nitrogens with zero attached hydrogens (tertiary/aromatic N) is 4. The summed E-state index contributed by atoms with van der Waals surface area (Å²) in [4.78, 5) is 15.0. The molecule has 0 aliphatic rings. The first kappa shape index (κ1) is 14.7. The number of anilines is 1. The Bertz CT molecular complexity index is 885. The molecule has 3 aromatic rings. The summed E-state index contributed by atoms with van der Waals surface area (Å²) in [7, 11) is 0. The number of aromatic nitrogens is 2. The van der Waals surface area contributed by atoms with Crippen LogP contribution in [-0.2, 0) is 6.54 Å². The molecular formula is C16H15N5O2. The lowest BCUT2D eigenvalue weighted by atomic mass is 10.2. The van der Waals surface area contributed by atoms with E-state index in [0.29, 0.717) is 11.5 Å². The average Bonchev–Trinajstić information content (AvgIpc) is 2.92. The minimum absolute atomic E-state index is 0.0158. The summed E-state index contributed by atoms with van der Waals surface area (Å²) >= 11 is 0. The van der Waals surface area contributed by atoms with E-state index in [2.05, 4.69) is 15.5 Å². The summed E-state index contributed by atoms with van der Waals surface area (Å²) in [6.45, 7) is 2.76. The molecule has 116 valence electrons. The molecule has 23 heavy (non-hydrogen) atoms. The number of rotatable bonds is 5. The number of para-hydroxylation sites is 3. The Hall–Kier alpha value is -3.22. The monoisotopic (exact) mass is 309 g/mol. The predicted octanol–water partition coefficient (Wildman–Crippen LogP) is 3.41. The quantitative estimate of drug-likeness (QED) is 0.444. The van der Waals surface area contributed by atoms with E-state index in [1.165, 1.54) is 12.3 Å². The predicted molar refractivity (Wildman–Crippen MR) is 89.7 cm³/mol. The van der Waals surface area contributed by atoms with Crippen LogP contribution in [-0.4, -0.2) is 20.7 Å². The van der Waals surface area contributed by atoms with Crippen LogP contribution in [0.5, 0.6) is 0 Å². The molecule has 7 heteroatoms. The van der Waals surface area contributed by atoms with Crippen molar-refractivity contribution < 1.29 is 4.92 Å². The van der Waals surface area contributed by atoms with Gasteiger partial charge in [0.15, 0.2) is 0 Å². The van der Waals surface area contributed by atoms with Crippen LogP contribution >= 0.6 is 0 Å². The van der Waals surface area contributed by atoms with Gasteiger partial charge in [0.05, 0.1) is 27.7 Å². The van der Waals surface area contributed by atoms with Crippen LogP contribution < -0.4 is 5.43 Å². The number of nitro benzene ring substituents is 1. The molecule has 0 aliphatic carbocycles. The Labute approximate surface area is 132 Å². The minimum Gasteiger partial charge on any atom is -0.309 e. The molecule has 2 aromatic carbocycles. The fourth-order valence-corrected chi connectivity index (χ4v) is 2.40. The van der Waals surface area contributed by atoms with Crippen molar-refractivity contribution in [2.45, 2.75) is 13.5 Å². The number of benzene rings is 2. The fraction of sp³-hybridized carbons (Fsp3) is 0.125. The molecule has 0 saturated carbocycles. The number of imidazole rings is 1. The first-order chi connectivity index (χ1) is 11.2. The lowest BCUT2D eigenvalue weighted by Crippen LogP contribution is -2.02. The molecule has 1 aromatic heterocycles. The average molecular weight is 309 g/mol. The third-order valence-electron chi connectivity index (χ3n) is 3.47. The molecule has 0 spiro atoms. The van der Waals surface area contributed by atoms with Crippen molar-refractivity contribution in [3.05, 3.63) is 64.2 Å². The van der Waals surface area contributed by atoms with Gasteiger partial charge in [-0.2, -0.15) is 5.10 Å². The van der Waals surface area contributed by atoms with E-state index in [1.807, 2.05) is 35.8 Å². The molecule has 0 saturated heterocycles. The van der Waals surface area contributed by atoms with E-state index in [-0.39, 0.29) is 5.69 Å². The van der Waals surface area contributed by atoms with Crippen LogP contribution in [0.25, 0.3) is 11.0 Å². The molecule has 1 heterocycles. The summed E-state index contributed by atoms with van der Waals surface area (Å²) in [6, 6.07) is 14.2. The Kier molecular flexibility index (Phi) is 4.01. The summed E-state index contributed by atoms with van der Waals surface area (Å²) in [6.07, 6.45) is 1.43. The van der Waals surface area contributed by atoms with Crippen molar-refractivity contribution in [1.82, 2.24) is 9.55 Å².